The Bertz CT molecular complexity index is 779. The second kappa shape index (κ2) is 7.04. The van der Waals surface area contributed by atoms with Gasteiger partial charge in [-0.15, -0.1) is 0 Å². The van der Waals surface area contributed by atoms with E-state index in [9.17, 15) is 14.9 Å². The normalized spacial score (nSPS) is 9.74. The maximum absolute atomic E-state index is 12.1. The highest BCUT2D eigenvalue weighted by Gasteiger charge is 2.18. The third-order valence-corrected chi connectivity index (χ3v) is 3.17. The van der Waals surface area contributed by atoms with Crippen molar-refractivity contribution in [2.24, 2.45) is 0 Å². The molecule has 2 rings (SSSR count). The summed E-state index contributed by atoms with van der Waals surface area (Å²) in [6.07, 6.45) is 0. The maximum Gasteiger partial charge on any atom is 0.311 e. The average molecular weight is 311 g/mol. The van der Waals surface area contributed by atoms with Gasteiger partial charge in [0, 0.05) is 18.2 Å². The highest BCUT2D eigenvalue weighted by atomic mass is 16.6. The molecule has 0 spiro atoms. The van der Waals surface area contributed by atoms with E-state index in [-0.39, 0.29) is 23.5 Å². The number of carbonyl (C=O) groups excluding carboxylic acids is 1. The number of nitro groups is 1. The number of amides is 1. The summed E-state index contributed by atoms with van der Waals surface area (Å²) < 4.78 is 4.89. The lowest BCUT2D eigenvalue weighted by atomic mass is 10.1. The van der Waals surface area contributed by atoms with Gasteiger partial charge in [-0.3, -0.25) is 14.9 Å². The Hall–Kier alpha value is -3.40. The average Bonchev–Trinajstić information content (AvgIpc) is 2.59. The first-order valence-electron chi connectivity index (χ1n) is 6.65. The van der Waals surface area contributed by atoms with Gasteiger partial charge in [-0.25, -0.2) is 0 Å². The smallest absolute Gasteiger partial charge is 0.311 e. The summed E-state index contributed by atoms with van der Waals surface area (Å²) in [6.45, 7) is 0.254. The van der Waals surface area contributed by atoms with Crippen LogP contribution in [0.5, 0.6) is 5.75 Å². The van der Waals surface area contributed by atoms with Gasteiger partial charge in [0.1, 0.15) is 0 Å². The van der Waals surface area contributed by atoms with Gasteiger partial charge in [-0.2, -0.15) is 5.26 Å². The summed E-state index contributed by atoms with van der Waals surface area (Å²) >= 11 is 0. The van der Waals surface area contributed by atoms with Crippen molar-refractivity contribution in [2.75, 3.05) is 7.11 Å². The van der Waals surface area contributed by atoms with Crippen molar-refractivity contribution in [1.82, 2.24) is 5.32 Å². The van der Waals surface area contributed by atoms with Crippen LogP contribution in [0.1, 0.15) is 21.5 Å². The number of methoxy groups -OCH3 is 1. The molecule has 0 saturated heterocycles. The van der Waals surface area contributed by atoms with Crippen LogP contribution in [0.2, 0.25) is 0 Å². The lowest BCUT2D eigenvalue weighted by Crippen LogP contribution is -2.22. The molecule has 23 heavy (non-hydrogen) atoms. The van der Waals surface area contributed by atoms with Crippen molar-refractivity contribution < 1.29 is 14.5 Å². The number of carbonyl (C=O) groups is 1. The van der Waals surface area contributed by atoms with Crippen molar-refractivity contribution in [3.63, 3.8) is 0 Å². The van der Waals surface area contributed by atoms with Gasteiger partial charge in [0.25, 0.3) is 5.91 Å². The number of hydrogen-bond acceptors (Lipinski definition) is 5. The molecule has 0 aliphatic heterocycles. The zero-order valence-electron chi connectivity index (χ0n) is 12.3. The van der Waals surface area contributed by atoms with E-state index < -0.39 is 10.8 Å². The molecule has 0 unspecified atom stereocenters. The van der Waals surface area contributed by atoms with E-state index >= 15 is 0 Å². The molecule has 0 fully saturated rings. The number of nitriles is 1. The number of hydrogen-bond donors (Lipinski definition) is 1. The summed E-state index contributed by atoms with van der Waals surface area (Å²) in [6, 6.07) is 12.8. The molecule has 0 aromatic heterocycles. The Morgan fingerprint density at radius 1 is 1.30 bits per heavy atom. The van der Waals surface area contributed by atoms with Crippen LogP contribution in [-0.2, 0) is 6.54 Å². The van der Waals surface area contributed by atoms with Crippen molar-refractivity contribution in [3.8, 4) is 11.8 Å². The number of ether oxygens (including phenoxy) is 1. The molecular formula is C16H13N3O4. The molecule has 116 valence electrons. The largest absolute Gasteiger partial charge is 0.490 e. The van der Waals surface area contributed by atoms with E-state index in [0.29, 0.717) is 5.56 Å². The Morgan fingerprint density at radius 3 is 2.57 bits per heavy atom. The molecule has 0 radical (unpaired) electrons. The van der Waals surface area contributed by atoms with E-state index in [0.717, 1.165) is 5.56 Å². The molecule has 7 heteroatoms. The third-order valence-electron chi connectivity index (χ3n) is 3.17. The first-order valence-corrected chi connectivity index (χ1v) is 6.65. The van der Waals surface area contributed by atoms with Crippen LogP contribution in [0.25, 0.3) is 0 Å². The molecule has 1 N–H and O–H groups in total. The Morgan fingerprint density at radius 2 is 2.00 bits per heavy atom. The zero-order valence-corrected chi connectivity index (χ0v) is 12.3. The van der Waals surface area contributed by atoms with E-state index in [4.69, 9.17) is 10.00 Å². The van der Waals surface area contributed by atoms with Crippen LogP contribution in [-0.4, -0.2) is 17.9 Å². The second-order valence-corrected chi connectivity index (χ2v) is 4.64. The number of nitro benzene ring substituents is 1. The Balaban J connectivity index is 2.09. The van der Waals surface area contributed by atoms with E-state index in [2.05, 4.69) is 5.32 Å². The number of rotatable bonds is 5. The first kappa shape index (κ1) is 16.0. The van der Waals surface area contributed by atoms with Crippen molar-refractivity contribution >= 4 is 11.6 Å². The second-order valence-electron chi connectivity index (χ2n) is 4.64. The molecule has 2 aromatic carbocycles. The van der Waals surface area contributed by atoms with E-state index in [1.807, 2.05) is 6.07 Å². The van der Waals surface area contributed by atoms with Crippen molar-refractivity contribution in [1.29, 1.82) is 5.26 Å². The minimum atomic E-state index is -0.601. The minimum Gasteiger partial charge on any atom is -0.490 e. The molecule has 0 bridgehead atoms. The summed E-state index contributed by atoms with van der Waals surface area (Å²) in [4.78, 5) is 22.5. The van der Waals surface area contributed by atoms with Gasteiger partial charge in [0.15, 0.2) is 5.75 Å². The summed E-state index contributed by atoms with van der Waals surface area (Å²) in [5.74, 6) is -0.334. The predicted molar refractivity (Wildman–Crippen MR) is 82.0 cm³/mol. The van der Waals surface area contributed by atoms with E-state index in [1.165, 1.54) is 25.3 Å². The lowest BCUT2D eigenvalue weighted by Gasteiger charge is -2.07. The fourth-order valence-corrected chi connectivity index (χ4v) is 1.96. The van der Waals surface area contributed by atoms with Crippen LogP contribution in [0.3, 0.4) is 0 Å². The molecular weight excluding hydrogens is 298 g/mol. The van der Waals surface area contributed by atoms with Crippen LogP contribution in [0.4, 0.5) is 5.69 Å². The monoisotopic (exact) mass is 311 g/mol. The van der Waals surface area contributed by atoms with Crippen LogP contribution >= 0.6 is 0 Å². The fourth-order valence-electron chi connectivity index (χ4n) is 1.96. The van der Waals surface area contributed by atoms with Crippen molar-refractivity contribution in [2.45, 2.75) is 6.54 Å². The third kappa shape index (κ3) is 3.83. The van der Waals surface area contributed by atoms with Gasteiger partial charge in [-0.1, -0.05) is 12.1 Å². The quantitative estimate of drug-likeness (QED) is 0.674. The number of nitrogens with zero attached hydrogens (tertiary/aromatic N) is 2. The molecule has 0 aliphatic rings. The molecule has 0 heterocycles. The topological polar surface area (TPSA) is 105 Å². The van der Waals surface area contributed by atoms with Crippen LogP contribution in [0.15, 0.2) is 42.5 Å². The summed E-state index contributed by atoms with van der Waals surface area (Å²) in [5, 5.41) is 22.4. The van der Waals surface area contributed by atoms with Gasteiger partial charge in [0.05, 0.1) is 23.7 Å². The van der Waals surface area contributed by atoms with Gasteiger partial charge in [0.2, 0.25) is 0 Å². The van der Waals surface area contributed by atoms with Crippen LogP contribution in [0, 0.1) is 21.4 Å². The first-order chi connectivity index (χ1) is 11.0. The SMILES string of the molecule is COc1ccc(C(=O)NCc2ccc(C#N)cc2)cc1[N+](=O)[O-]. The van der Waals surface area contributed by atoms with E-state index in [1.54, 1.807) is 24.3 Å². The van der Waals surface area contributed by atoms with Gasteiger partial charge < -0.3 is 10.1 Å². The number of nitrogens with one attached hydrogen (secondary N) is 1. The molecule has 2 aromatic rings. The highest BCUT2D eigenvalue weighted by Crippen LogP contribution is 2.27. The minimum absolute atomic E-state index is 0.0960. The maximum atomic E-state index is 12.1. The zero-order chi connectivity index (χ0) is 16.8. The lowest BCUT2D eigenvalue weighted by molar-refractivity contribution is -0.385. The molecule has 1 amide bonds. The molecule has 0 aliphatic carbocycles. The molecule has 0 saturated carbocycles. The number of benzene rings is 2. The molecule has 0 atom stereocenters. The highest BCUT2D eigenvalue weighted by molar-refractivity contribution is 5.95. The van der Waals surface area contributed by atoms with Crippen LogP contribution < -0.4 is 10.1 Å². The standard InChI is InChI=1S/C16H13N3O4/c1-23-15-7-6-13(8-14(15)19(21)22)16(20)18-10-12-4-2-11(9-17)3-5-12/h2-8H,10H2,1H3,(H,18,20). The summed E-state index contributed by atoms with van der Waals surface area (Å²) in [7, 11) is 1.33. The van der Waals surface area contributed by atoms with Gasteiger partial charge in [-0.05, 0) is 29.8 Å². The Labute approximate surface area is 132 Å². The Kier molecular flexibility index (Phi) is 4.89. The van der Waals surface area contributed by atoms with Crippen molar-refractivity contribution in [3.05, 3.63) is 69.3 Å². The molecule has 7 nitrogen and oxygen atoms in total. The predicted octanol–water partition coefficient (Wildman–Crippen LogP) is 2.41. The summed E-state index contributed by atoms with van der Waals surface area (Å²) in [5.41, 5.74) is 1.26. The fraction of sp³-hybridized carbons (Fsp3) is 0.125. The van der Waals surface area contributed by atoms with Gasteiger partial charge >= 0.3 is 5.69 Å².